The van der Waals surface area contributed by atoms with Crippen molar-refractivity contribution in [2.75, 3.05) is 6.54 Å². The van der Waals surface area contributed by atoms with Crippen LogP contribution in [0, 0.1) is 0 Å². The van der Waals surface area contributed by atoms with E-state index >= 15 is 0 Å². The van der Waals surface area contributed by atoms with Gasteiger partial charge < -0.3 is 10.5 Å². The van der Waals surface area contributed by atoms with E-state index in [0.717, 1.165) is 23.1 Å². The van der Waals surface area contributed by atoms with Gasteiger partial charge in [-0.25, -0.2) is 0 Å². The Bertz CT molecular complexity index is 312. The molecule has 0 unspecified atom stereocenters. The monoisotopic (exact) mass is 271 g/mol. The molecule has 0 spiro atoms. The molecule has 0 amide bonds. The minimum absolute atomic E-state index is 0.205. The Labute approximate surface area is 99.9 Å². The standard InChI is InChI=1S/C12H18BrNO/c1-9(2)15-12-7-3-6-11(13)10(12)5-4-8-14/h3,6-7,9H,4-5,8,14H2,1-2H3. The highest BCUT2D eigenvalue weighted by Crippen LogP contribution is 2.28. The average Bonchev–Trinajstić information content (AvgIpc) is 2.16. The van der Waals surface area contributed by atoms with E-state index in [-0.39, 0.29) is 6.10 Å². The van der Waals surface area contributed by atoms with Crippen LogP contribution in [0.2, 0.25) is 0 Å². The smallest absolute Gasteiger partial charge is 0.123 e. The molecule has 15 heavy (non-hydrogen) atoms. The second kappa shape index (κ2) is 6.13. The van der Waals surface area contributed by atoms with Crippen molar-refractivity contribution in [3.05, 3.63) is 28.2 Å². The first-order chi connectivity index (χ1) is 7.15. The maximum atomic E-state index is 5.75. The molecule has 0 aliphatic heterocycles. The van der Waals surface area contributed by atoms with E-state index < -0.39 is 0 Å². The topological polar surface area (TPSA) is 35.2 Å². The highest BCUT2D eigenvalue weighted by atomic mass is 79.9. The Morgan fingerprint density at radius 1 is 1.40 bits per heavy atom. The SMILES string of the molecule is CC(C)Oc1cccc(Br)c1CCCN. The summed E-state index contributed by atoms with van der Waals surface area (Å²) in [5, 5.41) is 0. The zero-order valence-electron chi connectivity index (χ0n) is 9.29. The molecule has 2 N–H and O–H groups in total. The molecule has 1 aromatic rings. The lowest BCUT2D eigenvalue weighted by Crippen LogP contribution is -2.09. The number of hydrogen-bond acceptors (Lipinski definition) is 2. The molecule has 3 heteroatoms. The molecule has 0 radical (unpaired) electrons. The van der Waals surface area contributed by atoms with E-state index in [1.54, 1.807) is 0 Å². The first-order valence-electron chi connectivity index (χ1n) is 5.29. The van der Waals surface area contributed by atoms with Crippen LogP contribution in [0.3, 0.4) is 0 Å². The molecular formula is C12H18BrNO. The molecule has 0 aliphatic rings. The molecule has 0 saturated carbocycles. The van der Waals surface area contributed by atoms with Gasteiger partial charge in [-0.1, -0.05) is 22.0 Å². The summed E-state index contributed by atoms with van der Waals surface area (Å²) in [4.78, 5) is 0. The second-order valence-corrected chi connectivity index (χ2v) is 4.63. The van der Waals surface area contributed by atoms with Crippen molar-refractivity contribution in [2.24, 2.45) is 5.73 Å². The lowest BCUT2D eigenvalue weighted by atomic mass is 10.1. The predicted octanol–water partition coefficient (Wildman–Crippen LogP) is 3.13. The highest BCUT2D eigenvalue weighted by Gasteiger charge is 2.08. The fourth-order valence-corrected chi connectivity index (χ4v) is 1.97. The summed E-state index contributed by atoms with van der Waals surface area (Å²) in [6.45, 7) is 4.78. The maximum absolute atomic E-state index is 5.75. The third-order valence-corrected chi connectivity index (χ3v) is 2.81. The Morgan fingerprint density at radius 2 is 2.13 bits per heavy atom. The molecule has 1 aromatic carbocycles. The molecule has 84 valence electrons. The van der Waals surface area contributed by atoms with Crippen molar-refractivity contribution in [2.45, 2.75) is 32.8 Å². The first-order valence-corrected chi connectivity index (χ1v) is 6.08. The summed E-state index contributed by atoms with van der Waals surface area (Å²) in [7, 11) is 0. The van der Waals surface area contributed by atoms with E-state index in [4.69, 9.17) is 10.5 Å². The normalized spacial score (nSPS) is 10.7. The van der Waals surface area contributed by atoms with E-state index in [1.807, 2.05) is 32.0 Å². The van der Waals surface area contributed by atoms with Crippen LogP contribution < -0.4 is 10.5 Å². The minimum Gasteiger partial charge on any atom is -0.491 e. The number of ether oxygens (including phenoxy) is 1. The van der Waals surface area contributed by atoms with E-state index in [2.05, 4.69) is 15.9 Å². The van der Waals surface area contributed by atoms with Crippen LogP contribution in [-0.4, -0.2) is 12.6 Å². The fourth-order valence-electron chi connectivity index (χ4n) is 1.42. The van der Waals surface area contributed by atoms with Crippen LogP contribution in [0.4, 0.5) is 0 Å². The Kier molecular flexibility index (Phi) is 5.12. The third kappa shape index (κ3) is 3.84. The van der Waals surface area contributed by atoms with Crippen LogP contribution in [0.25, 0.3) is 0 Å². The van der Waals surface area contributed by atoms with Gasteiger partial charge in [0.15, 0.2) is 0 Å². The highest BCUT2D eigenvalue weighted by molar-refractivity contribution is 9.10. The van der Waals surface area contributed by atoms with Crippen LogP contribution >= 0.6 is 15.9 Å². The van der Waals surface area contributed by atoms with Gasteiger partial charge in [-0.15, -0.1) is 0 Å². The van der Waals surface area contributed by atoms with Crippen LogP contribution in [0.15, 0.2) is 22.7 Å². The maximum Gasteiger partial charge on any atom is 0.123 e. The number of hydrogen-bond donors (Lipinski definition) is 1. The fraction of sp³-hybridized carbons (Fsp3) is 0.500. The summed E-state index contributed by atoms with van der Waals surface area (Å²) in [6.07, 6.45) is 2.15. The molecular weight excluding hydrogens is 254 g/mol. The predicted molar refractivity (Wildman–Crippen MR) is 67.3 cm³/mol. The average molecular weight is 272 g/mol. The summed E-state index contributed by atoms with van der Waals surface area (Å²) < 4.78 is 6.86. The van der Waals surface area contributed by atoms with Gasteiger partial charge in [0.2, 0.25) is 0 Å². The number of nitrogens with two attached hydrogens (primary N) is 1. The molecule has 0 bridgehead atoms. The minimum atomic E-state index is 0.205. The zero-order valence-corrected chi connectivity index (χ0v) is 10.9. The van der Waals surface area contributed by atoms with Gasteiger partial charge in [0.05, 0.1) is 6.10 Å². The molecule has 1 rings (SSSR count). The van der Waals surface area contributed by atoms with Crippen molar-refractivity contribution in [3.63, 3.8) is 0 Å². The van der Waals surface area contributed by atoms with E-state index in [0.29, 0.717) is 6.54 Å². The van der Waals surface area contributed by atoms with Crippen molar-refractivity contribution >= 4 is 15.9 Å². The Balaban J connectivity index is 2.87. The molecule has 0 fully saturated rings. The molecule has 0 atom stereocenters. The molecule has 0 aliphatic carbocycles. The number of rotatable bonds is 5. The Hall–Kier alpha value is -0.540. The van der Waals surface area contributed by atoms with Crippen molar-refractivity contribution in [1.29, 1.82) is 0 Å². The summed E-state index contributed by atoms with van der Waals surface area (Å²) in [5.41, 5.74) is 6.74. The van der Waals surface area contributed by atoms with Gasteiger partial charge in [0.25, 0.3) is 0 Å². The van der Waals surface area contributed by atoms with Crippen LogP contribution in [0.1, 0.15) is 25.8 Å². The van der Waals surface area contributed by atoms with Crippen molar-refractivity contribution < 1.29 is 4.74 Å². The zero-order chi connectivity index (χ0) is 11.3. The molecule has 0 saturated heterocycles. The summed E-state index contributed by atoms with van der Waals surface area (Å²) in [6, 6.07) is 6.05. The van der Waals surface area contributed by atoms with Gasteiger partial charge >= 0.3 is 0 Å². The van der Waals surface area contributed by atoms with Crippen LogP contribution in [0.5, 0.6) is 5.75 Å². The summed E-state index contributed by atoms with van der Waals surface area (Å²) in [5.74, 6) is 0.966. The third-order valence-electron chi connectivity index (χ3n) is 2.07. The first kappa shape index (κ1) is 12.5. The molecule has 0 aromatic heterocycles. The van der Waals surface area contributed by atoms with Crippen molar-refractivity contribution in [3.8, 4) is 5.75 Å². The van der Waals surface area contributed by atoms with Crippen LogP contribution in [-0.2, 0) is 6.42 Å². The quantitative estimate of drug-likeness (QED) is 0.893. The second-order valence-electron chi connectivity index (χ2n) is 3.78. The van der Waals surface area contributed by atoms with Gasteiger partial charge in [-0.3, -0.25) is 0 Å². The van der Waals surface area contributed by atoms with Crippen molar-refractivity contribution in [1.82, 2.24) is 0 Å². The van der Waals surface area contributed by atoms with Gasteiger partial charge in [0.1, 0.15) is 5.75 Å². The number of halogens is 1. The van der Waals surface area contributed by atoms with Gasteiger partial charge in [0, 0.05) is 10.0 Å². The van der Waals surface area contributed by atoms with Gasteiger partial charge in [-0.2, -0.15) is 0 Å². The summed E-state index contributed by atoms with van der Waals surface area (Å²) >= 11 is 3.55. The lowest BCUT2D eigenvalue weighted by Gasteiger charge is -2.15. The largest absolute Gasteiger partial charge is 0.491 e. The Morgan fingerprint density at radius 3 is 2.73 bits per heavy atom. The van der Waals surface area contributed by atoms with E-state index in [1.165, 1.54) is 5.56 Å². The molecule has 0 heterocycles. The number of benzene rings is 1. The van der Waals surface area contributed by atoms with Gasteiger partial charge in [-0.05, 0) is 45.4 Å². The lowest BCUT2D eigenvalue weighted by molar-refractivity contribution is 0.239. The molecule has 2 nitrogen and oxygen atoms in total. The van der Waals surface area contributed by atoms with E-state index in [9.17, 15) is 0 Å².